The zero-order valence-electron chi connectivity index (χ0n) is 19.4. The lowest BCUT2D eigenvalue weighted by atomic mass is 9.72. The molecule has 3 unspecified atom stereocenters. The van der Waals surface area contributed by atoms with E-state index in [4.69, 9.17) is 4.74 Å². The van der Waals surface area contributed by atoms with Crippen molar-refractivity contribution in [2.24, 2.45) is 0 Å². The van der Waals surface area contributed by atoms with Crippen LogP contribution in [0.3, 0.4) is 0 Å². The van der Waals surface area contributed by atoms with E-state index in [1.165, 1.54) is 7.11 Å². The first kappa shape index (κ1) is 25.6. The molecular formula is C25H34N2O5. The van der Waals surface area contributed by atoms with E-state index in [9.17, 15) is 20.1 Å². The first-order chi connectivity index (χ1) is 15.1. The van der Waals surface area contributed by atoms with Crippen molar-refractivity contribution in [3.8, 4) is 0 Å². The zero-order chi connectivity index (χ0) is 24.1. The predicted molar refractivity (Wildman–Crippen MR) is 124 cm³/mol. The van der Waals surface area contributed by atoms with Gasteiger partial charge in [0.2, 0.25) is 0 Å². The van der Waals surface area contributed by atoms with Crippen molar-refractivity contribution in [1.29, 1.82) is 0 Å². The molecule has 2 heterocycles. The molecule has 0 saturated carbocycles. The van der Waals surface area contributed by atoms with Gasteiger partial charge in [0, 0.05) is 37.2 Å². The average molecular weight is 443 g/mol. The molecule has 3 atom stereocenters. The fourth-order valence-electron chi connectivity index (χ4n) is 4.04. The standard InChI is InChI=1S/C25H34N2O5/c1-15(2)22-18(9-7-11-26-22)17(5)20(28)13-21(29)25(14-32-6,24(30)31)19-10-8-12-27-23(19)16(3)4/h7-12,15-16,20-21,28-29H,5,13-14H2,1-4,6H3,(H,30,31). The van der Waals surface area contributed by atoms with Crippen molar-refractivity contribution < 1.29 is 24.9 Å². The number of aliphatic carboxylic acids is 1. The number of carboxylic acids is 1. The van der Waals surface area contributed by atoms with Crippen LogP contribution in [0.5, 0.6) is 0 Å². The van der Waals surface area contributed by atoms with Gasteiger partial charge in [-0.15, -0.1) is 0 Å². The van der Waals surface area contributed by atoms with Crippen LogP contribution in [0.1, 0.15) is 68.5 Å². The van der Waals surface area contributed by atoms with Crippen LogP contribution in [-0.2, 0) is 14.9 Å². The van der Waals surface area contributed by atoms with E-state index >= 15 is 0 Å². The molecule has 0 amide bonds. The topological polar surface area (TPSA) is 113 Å². The van der Waals surface area contributed by atoms with Gasteiger partial charge >= 0.3 is 5.97 Å². The number of ether oxygens (including phenoxy) is 1. The van der Waals surface area contributed by atoms with Gasteiger partial charge in [0.05, 0.1) is 24.5 Å². The quantitative estimate of drug-likeness (QED) is 0.488. The number of carboxylic acid groups (broad SMARTS) is 1. The summed E-state index contributed by atoms with van der Waals surface area (Å²) in [6.45, 7) is 11.5. The van der Waals surface area contributed by atoms with Crippen LogP contribution < -0.4 is 0 Å². The molecule has 174 valence electrons. The molecule has 0 bridgehead atoms. The van der Waals surface area contributed by atoms with E-state index < -0.39 is 23.6 Å². The Morgan fingerprint density at radius 1 is 1.06 bits per heavy atom. The molecule has 0 aliphatic heterocycles. The van der Waals surface area contributed by atoms with E-state index in [0.29, 0.717) is 22.4 Å². The summed E-state index contributed by atoms with van der Waals surface area (Å²) in [5.41, 5.74) is 0.987. The van der Waals surface area contributed by atoms with Gasteiger partial charge < -0.3 is 20.1 Å². The van der Waals surface area contributed by atoms with Crippen molar-refractivity contribution in [2.45, 2.75) is 63.6 Å². The summed E-state index contributed by atoms with van der Waals surface area (Å²) >= 11 is 0. The molecule has 2 rings (SSSR count). The molecule has 7 nitrogen and oxygen atoms in total. The molecule has 3 N–H and O–H groups in total. The lowest BCUT2D eigenvalue weighted by molar-refractivity contribution is -0.153. The van der Waals surface area contributed by atoms with E-state index in [0.717, 1.165) is 5.69 Å². The highest BCUT2D eigenvalue weighted by Crippen LogP contribution is 2.37. The summed E-state index contributed by atoms with van der Waals surface area (Å²) in [5.74, 6) is -1.21. The Hall–Kier alpha value is -2.61. The molecule has 7 heteroatoms. The van der Waals surface area contributed by atoms with E-state index in [-0.39, 0.29) is 24.9 Å². The van der Waals surface area contributed by atoms with Crippen LogP contribution in [-0.4, -0.2) is 57.2 Å². The Balaban J connectivity index is 2.47. The number of aliphatic hydroxyl groups excluding tert-OH is 2. The molecule has 0 radical (unpaired) electrons. The SMILES string of the molecule is C=C(c1cccnc1C(C)C)C(O)CC(O)C(COC)(C(=O)O)c1cccnc1C(C)C. The lowest BCUT2D eigenvalue weighted by Gasteiger charge is -2.36. The van der Waals surface area contributed by atoms with Crippen LogP contribution in [0, 0.1) is 0 Å². The minimum atomic E-state index is -1.81. The number of rotatable bonds is 11. The Morgan fingerprint density at radius 3 is 2.16 bits per heavy atom. The van der Waals surface area contributed by atoms with E-state index in [1.54, 1.807) is 30.6 Å². The maximum Gasteiger partial charge on any atom is 0.319 e. The molecule has 0 aromatic carbocycles. The molecule has 0 fully saturated rings. The lowest BCUT2D eigenvalue weighted by Crippen LogP contribution is -2.52. The Bertz CT molecular complexity index is 943. The Labute approximate surface area is 189 Å². The summed E-state index contributed by atoms with van der Waals surface area (Å²) in [6, 6.07) is 6.86. The highest BCUT2D eigenvalue weighted by Gasteiger charge is 2.50. The Kier molecular flexibility index (Phi) is 8.66. The second-order valence-corrected chi connectivity index (χ2v) is 8.68. The number of aliphatic hydroxyl groups is 2. The largest absolute Gasteiger partial charge is 0.480 e. The molecule has 0 aliphatic carbocycles. The van der Waals surface area contributed by atoms with Crippen LogP contribution in [0.4, 0.5) is 0 Å². The number of hydrogen-bond acceptors (Lipinski definition) is 6. The van der Waals surface area contributed by atoms with Crippen molar-refractivity contribution in [2.75, 3.05) is 13.7 Å². The third-order valence-corrected chi connectivity index (χ3v) is 5.77. The number of carbonyl (C=O) groups is 1. The summed E-state index contributed by atoms with van der Waals surface area (Å²) in [4.78, 5) is 21.4. The van der Waals surface area contributed by atoms with Gasteiger partial charge in [-0.05, 0) is 35.1 Å². The van der Waals surface area contributed by atoms with Gasteiger partial charge in [-0.25, -0.2) is 0 Å². The van der Waals surface area contributed by atoms with Gasteiger partial charge in [0.1, 0.15) is 5.41 Å². The van der Waals surface area contributed by atoms with E-state index in [1.807, 2.05) is 33.8 Å². The summed E-state index contributed by atoms with van der Waals surface area (Å²) in [6.07, 6.45) is 0.385. The van der Waals surface area contributed by atoms with Gasteiger partial charge in [-0.2, -0.15) is 0 Å². The number of hydrogen-bond donors (Lipinski definition) is 3. The maximum absolute atomic E-state index is 12.6. The average Bonchev–Trinajstić information content (AvgIpc) is 2.76. The molecule has 0 saturated heterocycles. The van der Waals surface area contributed by atoms with Crippen LogP contribution >= 0.6 is 0 Å². The molecule has 32 heavy (non-hydrogen) atoms. The van der Waals surface area contributed by atoms with Crippen LogP contribution in [0.25, 0.3) is 5.57 Å². The number of aromatic nitrogens is 2. The third kappa shape index (κ3) is 5.06. The fraction of sp³-hybridized carbons (Fsp3) is 0.480. The molecule has 0 spiro atoms. The first-order valence-corrected chi connectivity index (χ1v) is 10.8. The summed E-state index contributed by atoms with van der Waals surface area (Å²) < 4.78 is 5.27. The summed E-state index contributed by atoms with van der Waals surface area (Å²) in [7, 11) is 1.38. The highest BCUT2D eigenvalue weighted by molar-refractivity contribution is 5.83. The van der Waals surface area contributed by atoms with Gasteiger partial charge in [0.25, 0.3) is 0 Å². The minimum absolute atomic E-state index is 0.0714. The normalized spacial score (nSPS) is 15.4. The van der Waals surface area contributed by atoms with Crippen LogP contribution in [0.2, 0.25) is 0 Å². The second-order valence-electron chi connectivity index (χ2n) is 8.68. The number of nitrogens with zero attached hydrogens (tertiary/aromatic N) is 2. The molecule has 2 aromatic heterocycles. The Morgan fingerprint density at radius 2 is 1.62 bits per heavy atom. The van der Waals surface area contributed by atoms with Gasteiger partial charge in [-0.3, -0.25) is 14.8 Å². The molecule has 0 aliphatic rings. The highest BCUT2D eigenvalue weighted by atomic mass is 16.5. The summed E-state index contributed by atoms with van der Waals surface area (Å²) in [5, 5.41) is 32.5. The van der Waals surface area contributed by atoms with Gasteiger partial charge in [0.15, 0.2) is 0 Å². The van der Waals surface area contributed by atoms with E-state index in [2.05, 4.69) is 16.5 Å². The van der Waals surface area contributed by atoms with Gasteiger partial charge in [-0.1, -0.05) is 46.4 Å². The fourth-order valence-corrected chi connectivity index (χ4v) is 4.04. The minimum Gasteiger partial charge on any atom is -0.480 e. The van der Waals surface area contributed by atoms with Crippen molar-refractivity contribution in [1.82, 2.24) is 9.97 Å². The molecule has 2 aromatic rings. The molecular weight excluding hydrogens is 408 g/mol. The predicted octanol–water partition coefficient (Wildman–Crippen LogP) is 3.52. The maximum atomic E-state index is 12.6. The number of pyridine rings is 2. The van der Waals surface area contributed by atoms with Crippen molar-refractivity contribution in [3.05, 3.63) is 65.8 Å². The first-order valence-electron chi connectivity index (χ1n) is 10.8. The number of methoxy groups -OCH3 is 1. The third-order valence-electron chi connectivity index (χ3n) is 5.77. The van der Waals surface area contributed by atoms with Crippen molar-refractivity contribution >= 4 is 11.5 Å². The van der Waals surface area contributed by atoms with Crippen molar-refractivity contribution in [3.63, 3.8) is 0 Å². The van der Waals surface area contributed by atoms with Crippen LogP contribution in [0.15, 0.2) is 43.2 Å². The second kappa shape index (κ2) is 10.8. The smallest absolute Gasteiger partial charge is 0.319 e. The zero-order valence-corrected chi connectivity index (χ0v) is 19.4. The monoisotopic (exact) mass is 442 g/mol.